The van der Waals surface area contributed by atoms with E-state index in [1.807, 2.05) is 0 Å². The van der Waals surface area contributed by atoms with Crippen LogP contribution in [-0.2, 0) is 0 Å². The first-order valence-electron chi connectivity index (χ1n) is 5.10. The van der Waals surface area contributed by atoms with E-state index in [0.717, 1.165) is 30.6 Å². The lowest BCUT2D eigenvalue weighted by atomic mass is 9.98. The van der Waals surface area contributed by atoms with Crippen molar-refractivity contribution in [3.8, 4) is 0 Å². The molecule has 1 aromatic rings. The summed E-state index contributed by atoms with van der Waals surface area (Å²) in [5.41, 5.74) is 8.50. The van der Waals surface area contributed by atoms with E-state index in [-0.39, 0.29) is 5.82 Å². The summed E-state index contributed by atoms with van der Waals surface area (Å²) >= 11 is 0. The molecule has 0 bridgehead atoms. The second-order valence-electron chi connectivity index (χ2n) is 3.97. The molecule has 1 aliphatic rings. The minimum Gasteiger partial charge on any atom is -0.398 e. The molecule has 1 heterocycles. The molecule has 0 aromatic heterocycles. The van der Waals surface area contributed by atoms with Crippen LogP contribution in [0.15, 0.2) is 24.3 Å². The molecule has 3 heteroatoms. The summed E-state index contributed by atoms with van der Waals surface area (Å²) in [4.78, 5) is 2.22. The lowest BCUT2D eigenvalue weighted by Crippen LogP contribution is -2.23. The Labute approximate surface area is 89.2 Å². The minimum absolute atomic E-state index is 0.223. The van der Waals surface area contributed by atoms with Crippen LogP contribution in [0.25, 0.3) is 5.57 Å². The zero-order valence-electron chi connectivity index (χ0n) is 8.83. The van der Waals surface area contributed by atoms with E-state index in [1.54, 1.807) is 6.07 Å². The highest BCUT2D eigenvalue weighted by Gasteiger charge is 2.12. The van der Waals surface area contributed by atoms with E-state index < -0.39 is 0 Å². The van der Waals surface area contributed by atoms with Crippen LogP contribution in [0.5, 0.6) is 0 Å². The van der Waals surface area contributed by atoms with Gasteiger partial charge >= 0.3 is 0 Å². The summed E-state index contributed by atoms with van der Waals surface area (Å²) in [6, 6.07) is 4.55. The van der Waals surface area contributed by atoms with E-state index in [9.17, 15) is 4.39 Å². The Bertz CT molecular complexity index is 399. The highest BCUT2D eigenvalue weighted by Crippen LogP contribution is 2.27. The number of halogens is 1. The van der Waals surface area contributed by atoms with Crippen LogP contribution in [0.1, 0.15) is 12.0 Å². The van der Waals surface area contributed by atoms with Gasteiger partial charge in [0.25, 0.3) is 0 Å². The maximum atomic E-state index is 13.1. The Hall–Kier alpha value is -1.35. The molecule has 0 unspecified atom stereocenters. The van der Waals surface area contributed by atoms with Gasteiger partial charge in [0, 0.05) is 24.3 Å². The molecule has 0 saturated carbocycles. The van der Waals surface area contributed by atoms with E-state index in [4.69, 9.17) is 5.73 Å². The van der Waals surface area contributed by atoms with Gasteiger partial charge in [-0.15, -0.1) is 0 Å². The molecule has 0 saturated heterocycles. The quantitative estimate of drug-likeness (QED) is 0.713. The summed E-state index contributed by atoms with van der Waals surface area (Å²) in [5.74, 6) is -0.223. The molecule has 1 aromatic carbocycles. The highest BCUT2D eigenvalue weighted by molar-refractivity contribution is 5.75. The lowest BCUT2D eigenvalue weighted by Gasteiger charge is -2.22. The average Bonchev–Trinajstić information content (AvgIpc) is 2.23. The number of benzene rings is 1. The van der Waals surface area contributed by atoms with Crippen molar-refractivity contribution in [2.75, 3.05) is 25.9 Å². The summed E-state index contributed by atoms with van der Waals surface area (Å²) in [6.07, 6.45) is 3.05. The van der Waals surface area contributed by atoms with Crippen molar-refractivity contribution in [3.63, 3.8) is 0 Å². The zero-order chi connectivity index (χ0) is 10.8. The van der Waals surface area contributed by atoms with Crippen molar-refractivity contribution in [1.82, 2.24) is 4.90 Å². The maximum Gasteiger partial charge on any atom is 0.123 e. The molecule has 2 nitrogen and oxygen atoms in total. The van der Waals surface area contributed by atoms with E-state index in [0.29, 0.717) is 5.69 Å². The van der Waals surface area contributed by atoms with E-state index in [2.05, 4.69) is 18.0 Å². The van der Waals surface area contributed by atoms with Crippen LogP contribution in [-0.4, -0.2) is 25.0 Å². The van der Waals surface area contributed by atoms with Crippen LogP contribution in [0.4, 0.5) is 10.1 Å². The van der Waals surface area contributed by atoms with E-state index >= 15 is 0 Å². The Morgan fingerprint density at radius 3 is 2.87 bits per heavy atom. The molecule has 2 rings (SSSR count). The SMILES string of the molecule is CN1CC=C(c2cc(F)ccc2N)CC1. The summed E-state index contributed by atoms with van der Waals surface area (Å²) < 4.78 is 13.1. The molecule has 0 radical (unpaired) electrons. The van der Waals surface area contributed by atoms with Crippen molar-refractivity contribution in [3.05, 3.63) is 35.7 Å². The largest absolute Gasteiger partial charge is 0.398 e. The van der Waals surface area contributed by atoms with Gasteiger partial charge in [0.05, 0.1) is 0 Å². The van der Waals surface area contributed by atoms with Crippen molar-refractivity contribution >= 4 is 11.3 Å². The van der Waals surface area contributed by atoms with Crippen molar-refractivity contribution < 1.29 is 4.39 Å². The van der Waals surface area contributed by atoms with Crippen LogP contribution in [0, 0.1) is 5.82 Å². The molecule has 0 amide bonds. The number of anilines is 1. The lowest BCUT2D eigenvalue weighted by molar-refractivity contribution is 0.370. The standard InChI is InChI=1S/C12H15FN2/c1-15-6-4-9(5-7-15)11-8-10(13)2-3-12(11)14/h2-4,8H,5-7,14H2,1H3. The number of hydrogen-bond donors (Lipinski definition) is 1. The molecule has 0 aliphatic carbocycles. The first kappa shape index (κ1) is 10.2. The fourth-order valence-corrected chi connectivity index (χ4v) is 1.82. The first-order valence-corrected chi connectivity index (χ1v) is 5.10. The molecule has 0 spiro atoms. The van der Waals surface area contributed by atoms with E-state index in [1.165, 1.54) is 12.1 Å². The Kier molecular flexibility index (Phi) is 2.73. The number of nitrogens with two attached hydrogens (primary N) is 1. The third-order valence-electron chi connectivity index (χ3n) is 2.77. The molecule has 0 atom stereocenters. The summed E-state index contributed by atoms with van der Waals surface area (Å²) in [5, 5.41) is 0. The Morgan fingerprint density at radius 1 is 1.40 bits per heavy atom. The number of likely N-dealkylation sites (N-methyl/N-ethyl adjacent to an activating group) is 1. The number of nitrogen functional groups attached to an aromatic ring is 1. The predicted octanol–water partition coefficient (Wildman–Crippen LogP) is 2.13. The average molecular weight is 206 g/mol. The monoisotopic (exact) mass is 206 g/mol. The topological polar surface area (TPSA) is 29.3 Å². The second kappa shape index (κ2) is 4.03. The van der Waals surface area contributed by atoms with Gasteiger partial charge < -0.3 is 10.6 Å². The number of nitrogens with zero attached hydrogens (tertiary/aromatic N) is 1. The van der Waals surface area contributed by atoms with Crippen LogP contribution in [0.2, 0.25) is 0 Å². The normalized spacial score (nSPS) is 17.6. The van der Waals surface area contributed by atoms with Gasteiger partial charge in [0.2, 0.25) is 0 Å². The predicted molar refractivity (Wildman–Crippen MR) is 60.9 cm³/mol. The second-order valence-corrected chi connectivity index (χ2v) is 3.97. The summed E-state index contributed by atoms with van der Waals surface area (Å²) in [7, 11) is 2.07. The molecule has 15 heavy (non-hydrogen) atoms. The van der Waals surface area contributed by atoms with Crippen molar-refractivity contribution in [2.24, 2.45) is 0 Å². The first-order chi connectivity index (χ1) is 7.16. The summed E-state index contributed by atoms with van der Waals surface area (Å²) in [6.45, 7) is 1.91. The van der Waals surface area contributed by atoms with Gasteiger partial charge in [0.1, 0.15) is 5.82 Å². The molecule has 0 fully saturated rings. The molecular weight excluding hydrogens is 191 g/mol. The van der Waals surface area contributed by atoms with Gasteiger partial charge in [-0.1, -0.05) is 6.08 Å². The third-order valence-corrected chi connectivity index (χ3v) is 2.77. The van der Waals surface area contributed by atoms with Gasteiger partial charge in [-0.05, 0) is 37.2 Å². The molecule has 2 N–H and O–H groups in total. The van der Waals surface area contributed by atoms with Crippen molar-refractivity contribution in [1.29, 1.82) is 0 Å². The maximum absolute atomic E-state index is 13.1. The molecule has 1 aliphatic heterocycles. The Balaban J connectivity index is 2.33. The van der Waals surface area contributed by atoms with Crippen molar-refractivity contribution in [2.45, 2.75) is 6.42 Å². The van der Waals surface area contributed by atoms with Gasteiger partial charge in [-0.25, -0.2) is 4.39 Å². The smallest absolute Gasteiger partial charge is 0.123 e. The van der Waals surface area contributed by atoms with Gasteiger partial charge in [0.15, 0.2) is 0 Å². The molecule has 80 valence electrons. The fraction of sp³-hybridized carbons (Fsp3) is 0.333. The zero-order valence-corrected chi connectivity index (χ0v) is 8.83. The highest BCUT2D eigenvalue weighted by atomic mass is 19.1. The van der Waals surface area contributed by atoms with Crippen LogP contribution in [0.3, 0.4) is 0 Å². The van der Waals surface area contributed by atoms with Gasteiger partial charge in [-0.3, -0.25) is 0 Å². The fourth-order valence-electron chi connectivity index (χ4n) is 1.82. The van der Waals surface area contributed by atoms with Crippen LogP contribution < -0.4 is 5.73 Å². The van der Waals surface area contributed by atoms with Gasteiger partial charge in [-0.2, -0.15) is 0 Å². The molecular formula is C12H15FN2. The minimum atomic E-state index is -0.223. The third kappa shape index (κ3) is 2.18. The Morgan fingerprint density at radius 2 is 2.20 bits per heavy atom. The number of hydrogen-bond acceptors (Lipinski definition) is 2. The van der Waals surface area contributed by atoms with Crippen LogP contribution >= 0.6 is 0 Å². The number of rotatable bonds is 1.